The van der Waals surface area contributed by atoms with Crippen molar-refractivity contribution in [2.75, 3.05) is 13.1 Å². The molecule has 1 saturated heterocycles. The molecular weight excluding hydrogens is 472 g/mol. The second-order valence-electron chi connectivity index (χ2n) is 11.9. The molecule has 0 aromatic rings. The molecule has 0 aromatic carbocycles. The molecule has 1 fully saturated rings. The van der Waals surface area contributed by atoms with Crippen LogP contribution in [0.1, 0.15) is 174 Å². The Bertz CT molecular complexity index is 568. The highest BCUT2D eigenvalue weighted by molar-refractivity contribution is 5.88. The zero-order valence-electron chi connectivity index (χ0n) is 25.5. The van der Waals surface area contributed by atoms with Gasteiger partial charge in [0.2, 0.25) is 11.8 Å². The maximum atomic E-state index is 12.8. The third-order valence-electron chi connectivity index (χ3n) is 8.23. The first-order valence-corrected chi connectivity index (χ1v) is 16.8. The molecule has 0 unspecified atom stereocenters. The first-order chi connectivity index (χ1) is 18.6. The average Bonchev–Trinajstić information content (AvgIpc) is 3.31. The van der Waals surface area contributed by atoms with E-state index in [0.29, 0.717) is 25.9 Å². The molecule has 5 nitrogen and oxygen atoms in total. The maximum Gasteiger partial charge on any atom is 0.242 e. The van der Waals surface area contributed by atoms with Crippen LogP contribution in [0.5, 0.6) is 0 Å². The number of β-amino-alcohol motifs (C(OH)–C–C–N with tert-alkyl or cyclic N) is 1. The van der Waals surface area contributed by atoms with Crippen LogP contribution in [0.4, 0.5) is 0 Å². The van der Waals surface area contributed by atoms with Crippen LogP contribution < -0.4 is 5.32 Å². The number of aliphatic hydroxyl groups excluding tert-OH is 1. The molecule has 1 heterocycles. The predicted octanol–water partition coefficient (Wildman–Crippen LogP) is 8.47. The zero-order chi connectivity index (χ0) is 27.7. The number of nitrogens with one attached hydrogen (secondary N) is 1. The lowest BCUT2D eigenvalue weighted by atomic mass is 10.0. The molecule has 1 aliphatic rings. The van der Waals surface area contributed by atoms with Crippen molar-refractivity contribution in [3.05, 3.63) is 0 Å². The SMILES string of the molecule is CCCCCCCCCCCCCCCCNC(=O)[C@H]1C[C@H](O)CN1C(=O)CCCCCCCCCCC. The molecule has 0 saturated carbocycles. The quantitative estimate of drug-likeness (QED) is 0.109. The van der Waals surface area contributed by atoms with Gasteiger partial charge in [0.25, 0.3) is 0 Å². The predicted molar refractivity (Wildman–Crippen MR) is 161 cm³/mol. The number of likely N-dealkylation sites (tertiary alicyclic amines) is 1. The molecule has 2 atom stereocenters. The van der Waals surface area contributed by atoms with Crippen molar-refractivity contribution in [2.24, 2.45) is 0 Å². The molecule has 2 N–H and O–H groups in total. The minimum absolute atomic E-state index is 0.0288. The lowest BCUT2D eigenvalue weighted by Crippen LogP contribution is -2.46. The summed E-state index contributed by atoms with van der Waals surface area (Å²) in [6.45, 7) is 5.48. The number of carbonyl (C=O) groups excluding carboxylic acids is 2. The number of hydrogen-bond donors (Lipinski definition) is 2. The van der Waals surface area contributed by atoms with Crippen LogP contribution in [0, 0.1) is 0 Å². The van der Waals surface area contributed by atoms with Gasteiger partial charge in [0, 0.05) is 25.9 Å². The van der Waals surface area contributed by atoms with Gasteiger partial charge in [0.1, 0.15) is 6.04 Å². The third-order valence-corrected chi connectivity index (χ3v) is 8.23. The van der Waals surface area contributed by atoms with Crippen LogP contribution >= 0.6 is 0 Å². The molecule has 0 aromatic heterocycles. The Morgan fingerprint density at radius 3 is 1.47 bits per heavy atom. The molecule has 1 rings (SSSR count). The Morgan fingerprint density at radius 2 is 1.03 bits per heavy atom. The molecule has 0 bridgehead atoms. The summed E-state index contributed by atoms with van der Waals surface area (Å²) < 4.78 is 0. The molecule has 224 valence electrons. The Hall–Kier alpha value is -1.10. The fraction of sp³-hybridized carbons (Fsp3) is 0.939. The highest BCUT2D eigenvalue weighted by Crippen LogP contribution is 2.21. The number of carbonyl (C=O) groups is 2. The fourth-order valence-corrected chi connectivity index (χ4v) is 5.72. The Kier molecular flexibility index (Phi) is 22.9. The van der Waals surface area contributed by atoms with Crippen molar-refractivity contribution in [3.8, 4) is 0 Å². The van der Waals surface area contributed by atoms with Crippen molar-refractivity contribution >= 4 is 11.8 Å². The Morgan fingerprint density at radius 1 is 0.632 bits per heavy atom. The van der Waals surface area contributed by atoms with Crippen molar-refractivity contribution in [2.45, 2.75) is 187 Å². The van der Waals surface area contributed by atoms with Crippen molar-refractivity contribution in [1.82, 2.24) is 10.2 Å². The lowest BCUT2D eigenvalue weighted by Gasteiger charge is -2.23. The summed E-state index contributed by atoms with van der Waals surface area (Å²) in [7, 11) is 0. The first kappa shape index (κ1) is 34.9. The highest BCUT2D eigenvalue weighted by atomic mass is 16.3. The average molecular weight is 537 g/mol. The topological polar surface area (TPSA) is 69.6 Å². The maximum absolute atomic E-state index is 12.8. The van der Waals surface area contributed by atoms with Crippen LogP contribution in [-0.2, 0) is 9.59 Å². The number of aliphatic hydroxyl groups is 1. The van der Waals surface area contributed by atoms with Gasteiger partial charge < -0.3 is 15.3 Å². The molecule has 0 radical (unpaired) electrons. The Balaban J connectivity index is 2.03. The van der Waals surface area contributed by atoms with E-state index >= 15 is 0 Å². The molecule has 1 aliphatic heterocycles. The van der Waals surface area contributed by atoms with Gasteiger partial charge in [-0.05, 0) is 12.8 Å². The largest absolute Gasteiger partial charge is 0.391 e. The fourth-order valence-electron chi connectivity index (χ4n) is 5.72. The van der Waals surface area contributed by atoms with Crippen molar-refractivity contribution in [1.29, 1.82) is 0 Å². The van der Waals surface area contributed by atoms with E-state index < -0.39 is 12.1 Å². The van der Waals surface area contributed by atoms with E-state index in [1.54, 1.807) is 4.90 Å². The van der Waals surface area contributed by atoms with Gasteiger partial charge >= 0.3 is 0 Å². The van der Waals surface area contributed by atoms with Gasteiger partial charge in [-0.3, -0.25) is 9.59 Å². The molecule has 5 heteroatoms. The van der Waals surface area contributed by atoms with Crippen LogP contribution in [-0.4, -0.2) is 47.1 Å². The van der Waals surface area contributed by atoms with E-state index in [-0.39, 0.29) is 11.8 Å². The van der Waals surface area contributed by atoms with Gasteiger partial charge in [-0.15, -0.1) is 0 Å². The van der Waals surface area contributed by atoms with Gasteiger partial charge in [-0.2, -0.15) is 0 Å². The van der Waals surface area contributed by atoms with Crippen LogP contribution in [0.3, 0.4) is 0 Å². The highest BCUT2D eigenvalue weighted by Gasteiger charge is 2.38. The summed E-state index contributed by atoms with van der Waals surface area (Å²) in [5.74, 6) is -0.0576. The van der Waals surface area contributed by atoms with Crippen molar-refractivity contribution in [3.63, 3.8) is 0 Å². The first-order valence-electron chi connectivity index (χ1n) is 16.8. The summed E-state index contributed by atoms with van der Waals surface area (Å²) >= 11 is 0. The summed E-state index contributed by atoms with van der Waals surface area (Å²) in [5, 5.41) is 13.2. The van der Waals surface area contributed by atoms with E-state index in [0.717, 1.165) is 25.7 Å². The molecule has 0 aliphatic carbocycles. The molecule has 2 amide bonds. The molecule has 0 spiro atoms. The van der Waals surface area contributed by atoms with E-state index in [1.165, 1.54) is 122 Å². The van der Waals surface area contributed by atoms with Crippen LogP contribution in [0.2, 0.25) is 0 Å². The van der Waals surface area contributed by atoms with Crippen LogP contribution in [0.15, 0.2) is 0 Å². The summed E-state index contributed by atoms with van der Waals surface area (Å²) in [6, 6.07) is -0.497. The Labute approximate surface area is 236 Å². The molecular formula is C33H64N2O3. The normalized spacial score (nSPS) is 17.3. The van der Waals surface area contributed by atoms with Crippen molar-refractivity contribution < 1.29 is 14.7 Å². The van der Waals surface area contributed by atoms with Gasteiger partial charge in [-0.1, -0.05) is 149 Å². The van der Waals surface area contributed by atoms with Crippen LogP contribution in [0.25, 0.3) is 0 Å². The van der Waals surface area contributed by atoms with E-state index in [4.69, 9.17) is 0 Å². The minimum Gasteiger partial charge on any atom is -0.391 e. The second-order valence-corrected chi connectivity index (χ2v) is 11.9. The monoisotopic (exact) mass is 536 g/mol. The summed E-state index contributed by atoms with van der Waals surface area (Å²) in [6.07, 6.45) is 29.8. The zero-order valence-corrected chi connectivity index (χ0v) is 25.5. The number of rotatable bonds is 26. The third kappa shape index (κ3) is 18.2. The van der Waals surface area contributed by atoms with Gasteiger partial charge in [0.05, 0.1) is 6.10 Å². The lowest BCUT2D eigenvalue weighted by molar-refractivity contribution is -0.138. The second kappa shape index (κ2) is 24.9. The van der Waals surface area contributed by atoms with Gasteiger partial charge in [-0.25, -0.2) is 0 Å². The minimum atomic E-state index is -0.584. The molecule has 38 heavy (non-hydrogen) atoms. The summed E-state index contributed by atoms with van der Waals surface area (Å²) in [4.78, 5) is 27.1. The standard InChI is InChI=1S/C33H64N2O3/c1-3-5-7-9-11-13-14-15-16-17-19-21-23-25-27-34-33(38)31-28-30(36)29-35(31)32(37)26-24-22-20-18-12-10-8-6-4-2/h30-31,36H,3-29H2,1-2H3,(H,34,38)/t30-,31+/m0/s1. The summed E-state index contributed by atoms with van der Waals surface area (Å²) in [5.41, 5.74) is 0. The van der Waals surface area contributed by atoms with E-state index in [2.05, 4.69) is 19.2 Å². The number of nitrogens with zero attached hydrogens (tertiary/aromatic N) is 1. The smallest absolute Gasteiger partial charge is 0.242 e. The van der Waals surface area contributed by atoms with E-state index in [9.17, 15) is 14.7 Å². The van der Waals surface area contributed by atoms with E-state index in [1.807, 2.05) is 0 Å². The number of amides is 2. The van der Waals surface area contributed by atoms with Gasteiger partial charge in [0.15, 0.2) is 0 Å². The number of unbranched alkanes of at least 4 members (excludes halogenated alkanes) is 21. The number of hydrogen-bond acceptors (Lipinski definition) is 3.